The largest absolute Gasteiger partial charge is 0.481 e. The molecule has 0 spiro atoms. The Bertz CT molecular complexity index is 769. The molecule has 2 N–H and O–H groups in total. The summed E-state index contributed by atoms with van der Waals surface area (Å²) in [5, 5.41) is 19.2. The fraction of sp³-hybridized carbons (Fsp3) is 0.750. The molecular weight excluding hydrogens is 414 g/mol. The Hall–Kier alpha value is -2.85. The summed E-state index contributed by atoms with van der Waals surface area (Å²) in [6.07, 6.45) is -5.49. The summed E-state index contributed by atoms with van der Waals surface area (Å²) in [5.41, 5.74) is -7.90. The van der Waals surface area contributed by atoms with Crippen LogP contribution in [-0.4, -0.2) is 67.5 Å². The second-order valence-electron chi connectivity index (χ2n) is 8.80. The Morgan fingerprint density at radius 2 is 1.16 bits per heavy atom. The first kappa shape index (κ1) is 22.8. The van der Waals surface area contributed by atoms with Gasteiger partial charge in [0.2, 0.25) is 0 Å². The quantitative estimate of drug-likeness (QED) is 0.350. The monoisotopic (exact) mass is 450 g/mol. The molecule has 1 atom stereocenters. The van der Waals surface area contributed by atoms with Gasteiger partial charge in [0.05, 0.1) is 0 Å². The number of hydrogen-bond donors (Lipinski definition) is 2. The number of ether oxygens (including phenoxy) is 3. The van der Waals surface area contributed by atoms with Crippen molar-refractivity contribution in [3.63, 3.8) is 0 Å². The molecule has 0 bridgehead atoms. The highest BCUT2D eigenvalue weighted by atomic mass is 16.6. The van der Waals surface area contributed by atoms with Gasteiger partial charge in [0.15, 0.2) is 0 Å². The van der Waals surface area contributed by atoms with Crippen LogP contribution < -0.4 is 0 Å². The Labute approximate surface area is 185 Å². The molecule has 2 amide bonds. The van der Waals surface area contributed by atoms with Crippen molar-refractivity contribution in [1.29, 1.82) is 0 Å². The van der Waals surface area contributed by atoms with Crippen LogP contribution in [0.4, 0.5) is 9.59 Å². The molecule has 0 unspecified atom stereocenters. The van der Waals surface area contributed by atoms with E-state index in [1.165, 1.54) is 41.5 Å². The second-order valence-corrected chi connectivity index (χ2v) is 8.80. The SMILES string of the molecule is [2H]CC(C)(C)OC(=O)N(C(=O)OC(C)(C)C[2H])[C@@](CCC(=O)O)(C(=O)O)C(=O)OC(C)(C)C[2H]. The Balaban J connectivity index is 7.01. The van der Waals surface area contributed by atoms with Crippen molar-refractivity contribution in [2.24, 2.45) is 0 Å². The van der Waals surface area contributed by atoms with Crippen LogP contribution >= 0.6 is 0 Å². The average Bonchev–Trinajstić information content (AvgIpc) is 2.69. The molecule has 0 aliphatic carbocycles. The molecule has 178 valence electrons. The number of nitrogens with zero attached hydrogens (tertiary/aromatic N) is 1. The number of carboxylic acid groups (broad SMARTS) is 2. The number of rotatable bonds is 6. The van der Waals surface area contributed by atoms with E-state index >= 15 is 0 Å². The van der Waals surface area contributed by atoms with E-state index in [9.17, 15) is 29.1 Å². The molecule has 0 saturated heterocycles. The zero-order chi connectivity index (χ0) is 27.1. The number of hydrogen-bond acceptors (Lipinski definition) is 8. The number of carbonyl (C=O) groups is 5. The van der Waals surface area contributed by atoms with Crippen LogP contribution in [0.15, 0.2) is 0 Å². The predicted octanol–water partition coefficient (Wildman–Crippen LogP) is 3.19. The summed E-state index contributed by atoms with van der Waals surface area (Å²) >= 11 is 0. The Kier molecular flexibility index (Phi) is 7.01. The van der Waals surface area contributed by atoms with Crippen LogP contribution in [0.3, 0.4) is 0 Å². The summed E-state index contributed by atoms with van der Waals surface area (Å²) in [4.78, 5) is 63.0. The van der Waals surface area contributed by atoms with Crippen LogP contribution in [-0.2, 0) is 28.6 Å². The summed E-state index contributed by atoms with van der Waals surface area (Å²) < 4.78 is 37.7. The van der Waals surface area contributed by atoms with E-state index < -0.39 is 86.0 Å². The molecule has 31 heavy (non-hydrogen) atoms. The van der Waals surface area contributed by atoms with Crippen molar-refractivity contribution < 1.29 is 52.5 Å². The van der Waals surface area contributed by atoms with Gasteiger partial charge >= 0.3 is 30.1 Å². The van der Waals surface area contributed by atoms with Gasteiger partial charge in [-0.2, -0.15) is 4.90 Å². The first-order chi connectivity index (χ1) is 15.3. The zero-order valence-corrected chi connectivity index (χ0v) is 18.6. The van der Waals surface area contributed by atoms with Gasteiger partial charge in [-0.3, -0.25) is 4.79 Å². The molecule has 0 aromatic carbocycles. The van der Waals surface area contributed by atoms with Gasteiger partial charge in [-0.25, -0.2) is 19.2 Å². The fourth-order valence-electron chi connectivity index (χ4n) is 2.17. The Morgan fingerprint density at radius 3 is 1.48 bits per heavy atom. The molecule has 11 heteroatoms. The Morgan fingerprint density at radius 1 is 0.774 bits per heavy atom. The molecule has 0 radical (unpaired) electrons. The molecule has 0 heterocycles. The maximum atomic E-state index is 13.2. The van der Waals surface area contributed by atoms with Crippen LogP contribution in [0.5, 0.6) is 0 Å². The topological polar surface area (TPSA) is 157 Å². The normalized spacial score (nSPS) is 15.4. The van der Waals surface area contributed by atoms with Crippen molar-refractivity contribution in [3.05, 3.63) is 0 Å². The maximum Gasteiger partial charge on any atom is 0.421 e. The first-order valence-electron chi connectivity index (χ1n) is 11.3. The lowest BCUT2D eigenvalue weighted by molar-refractivity contribution is -0.179. The van der Waals surface area contributed by atoms with Crippen molar-refractivity contribution in [3.8, 4) is 0 Å². The van der Waals surface area contributed by atoms with Gasteiger partial charge < -0.3 is 24.4 Å². The number of amides is 2. The minimum absolute atomic E-state index is 0.185. The first-order valence-corrected chi connectivity index (χ1v) is 9.13. The van der Waals surface area contributed by atoms with Crippen LogP contribution in [0.25, 0.3) is 0 Å². The second kappa shape index (κ2) is 9.52. The highest BCUT2D eigenvalue weighted by Crippen LogP contribution is 2.31. The third-order valence-electron chi connectivity index (χ3n) is 3.24. The maximum absolute atomic E-state index is 13.2. The molecule has 0 fully saturated rings. The number of carboxylic acids is 2. The van der Waals surface area contributed by atoms with Crippen molar-refractivity contribution in [1.82, 2.24) is 4.90 Å². The average molecular weight is 450 g/mol. The van der Waals surface area contributed by atoms with Gasteiger partial charge in [0.25, 0.3) is 5.54 Å². The van der Waals surface area contributed by atoms with E-state index in [4.69, 9.17) is 23.4 Å². The lowest BCUT2D eigenvalue weighted by Crippen LogP contribution is -2.66. The summed E-state index contributed by atoms with van der Waals surface area (Å²) in [6.45, 7) is 6.15. The minimum atomic E-state index is -3.25. The molecular formula is C20H33NO10. The summed E-state index contributed by atoms with van der Waals surface area (Å²) in [5.74, 6) is -5.35. The third-order valence-corrected chi connectivity index (χ3v) is 3.24. The molecule has 0 aliphatic heterocycles. The fourth-order valence-corrected chi connectivity index (χ4v) is 2.17. The van der Waals surface area contributed by atoms with Crippen molar-refractivity contribution in [2.45, 2.75) is 97.4 Å². The highest BCUT2D eigenvalue weighted by Gasteiger charge is 2.60. The van der Waals surface area contributed by atoms with Crippen LogP contribution in [0.1, 0.15) is 79.2 Å². The van der Waals surface area contributed by atoms with Crippen LogP contribution in [0, 0.1) is 0 Å². The molecule has 0 aromatic heterocycles. The molecule has 11 nitrogen and oxygen atoms in total. The van der Waals surface area contributed by atoms with Gasteiger partial charge in [0, 0.05) is 17.0 Å². The number of carbonyl (C=O) groups excluding carboxylic acids is 3. The minimum Gasteiger partial charge on any atom is -0.481 e. The van der Waals surface area contributed by atoms with E-state index in [2.05, 4.69) is 0 Å². The standard InChI is InChI=1S/C20H33NO10/c1-17(2,3)29-14(26)20(13(24)25,11-10-12(22)23)21(15(27)30-18(4,5)6)16(28)31-19(7,8)9/h10-11H2,1-9H3,(H,22,23)(H,24,25)/t20-/m0/s1/i1D,4D,7D. The van der Waals surface area contributed by atoms with Crippen molar-refractivity contribution in [2.75, 3.05) is 0 Å². The van der Waals surface area contributed by atoms with E-state index in [0.717, 1.165) is 0 Å². The number of esters is 1. The van der Waals surface area contributed by atoms with Crippen LogP contribution in [0.2, 0.25) is 0 Å². The smallest absolute Gasteiger partial charge is 0.421 e. The predicted molar refractivity (Wildman–Crippen MR) is 107 cm³/mol. The molecule has 0 aliphatic rings. The van der Waals surface area contributed by atoms with Gasteiger partial charge in [0.1, 0.15) is 16.8 Å². The lowest BCUT2D eigenvalue weighted by Gasteiger charge is -2.39. The molecule has 0 saturated carbocycles. The summed E-state index contributed by atoms with van der Waals surface area (Å²) in [6, 6.07) is 0. The number of imide groups is 1. The van der Waals surface area contributed by atoms with E-state index in [1.54, 1.807) is 0 Å². The third kappa shape index (κ3) is 8.81. The lowest BCUT2D eigenvalue weighted by atomic mass is 9.91. The van der Waals surface area contributed by atoms with Gasteiger partial charge in [-0.05, 0) is 62.2 Å². The zero-order valence-electron chi connectivity index (χ0n) is 21.6. The van der Waals surface area contributed by atoms with Gasteiger partial charge in [-0.15, -0.1) is 0 Å². The van der Waals surface area contributed by atoms with Gasteiger partial charge in [-0.1, -0.05) is 0 Å². The number of aliphatic carboxylic acids is 2. The van der Waals surface area contributed by atoms with Crippen molar-refractivity contribution >= 4 is 30.1 Å². The molecule has 0 rings (SSSR count). The summed E-state index contributed by atoms with van der Waals surface area (Å²) in [7, 11) is 0. The van der Waals surface area contributed by atoms with E-state index in [1.807, 2.05) is 0 Å². The highest BCUT2D eigenvalue weighted by molar-refractivity contribution is 6.11. The van der Waals surface area contributed by atoms with E-state index in [0.29, 0.717) is 0 Å². The molecule has 0 aromatic rings. The van der Waals surface area contributed by atoms with E-state index in [-0.39, 0.29) is 4.90 Å².